The number of fused-ring (bicyclic) bond motifs is 1. The number of rotatable bonds is 6. The quantitative estimate of drug-likeness (QED) is 0.473. The largest absolute Gasteiger partial charge is 0.497 e. The summed E-state index contributed by atoms with van der Waals surface area (Å²) in [7, 11) is 1.57. The van der Waals surface area contributed by atoms with Crippen molar-refractivity contribution in [1.82, 2.24) is 5.32 Å². The average Bonchev–Trinajstić information content (AvgIpc) is 2.95. The van der Waals surface area contributed by atoms with Crippen molar-refractivity contribution in [1.29, 1.82) is 0 Å². The first-order valence-electron chi connectivity index (χ1n) is 10.5. The van der Waals surface area contributed by atoms with Gasteiger partial charge >= 0.3 is 0 Å². The van der Waals surface area contributed by atoms with Crippen molar-refractivity contribution in [2.24, 2.45) is 5.73 Å². The fourth-order valence-corrected chi connectivity index (χ4v) is 4.70. The Labute approximate surface area is 218 Å². The molecule has 184 valence electrons. The molecule has 1 aliphatic heterocycles. The lowest BCUT2D eigenvalue weighted by Crippen LogP contribution is -2.44. The molecule has 0 fully saturated rings. The molecule has 2 amide bonds. The second-order valence-corrected chi connectivity index (χ2v) is 9.30. The van der Waals surface area contributed by atoms with Gasteiger partial charge in [-0.15, -0.1) is 24.2 Å². The maximum atomic E-state index is 14.9. The first kappa shape index (κ1) is 26.8. The molecule has 3 aromatic rings. The van der Waals surface area contributed by atoms with E-state index in [1.165, 1.54) is 28.8 Å². The predicted molar refractivity (Wildman–Crippen MR) is 139 cm³/mol. The van der Waals surface area contributed by atoms with Crippen LogP contribution in [0.15, 0.2) is 65.6 Å². The van der Waals surface area contributed by atoms with Crippen LogP contribution in [0.5, 0.6) is 5.75 Å². The molecule has 6 nitrogen and oxygen atoms in total. The minimum atomic E-state index is -0.750. The number of carbonyl (C=O) groups excluding carboxylic acids is 2. The van der Waals surface area contributed by atoms with E-state index < -0.39 is 17.8 Å². The SMILES string of the molecule is COc1ccc(CNC(=O)c2cc3c(cc2F)SC[C@H](N)C(=O)N3Cc2ccc(Cl)cc2)cc1.Cl. The van der Waals surface area contributed by atoms with Gasteiger partial charge in [0.05, 0.1) is 30.9 Å². The Hall–Kier alpha value is -2.78. The van der Waals surface area contributed by atoms with E-state index in [1.54, 1.807) is 31.4 Å². The average molecular weight is 536 g/mol. The third-order valence-electron chi connectivity index (χ3n) is 5.45. The van der Waals surface area contributed by atoms with Crippen LogP contribution in [0.25, 0.3) is 0 Å². The molecule has 0 aromatic heterocycles. The second kappa shape index (κ2) is 11.8. The number of nitrogens with two attached hydrogens (primary N) is 1. The molecule has 0 saturated carbocycles. The van der Waals surface area contributed by atoms with Crippen molar-refractivity contribution in [3.63, 3.8) is 0 Å². The first-order valence-corrected chi connectivity index (χ1v) is 11.9. The normalized spacial score (nSPS) is 15.0. The molecule has 10 heteroatoms. The standard InChI is InChI=1S/C25H23ClFN3O3S.ClH/c1-33-18-8-4-15(5-9-18)12-29-24(31)19-10-22-23(11-20(19)27)34-14-21(28)25(32)30(22)13-16-2-6-17(26)7-3-16;/h2-11,21H,12-14,28H2,1H3,(H,29,31);1H/t21-;/m0./s1. The number of methoxy groups -OCH3 is 1. The number of carbonyl (C=O) groups is 2. The molecule has 0 radical (unpaired) electrons. The summed E-state index contributed by atoms with van der Waals surface area (Å²) in [5, 5.41) is 3.32. The number of amides is 2. The van der Waals surface area contributed by atoms with E-state index in [2.05, 4.69) is 5.32 Å². The van der Waals surface area contributed by atoms with E-state index >= 15 is 0 Å². The highest BCUT2D eigenvalue weighted by molar-refractivity contribution is 7.99. The number of anilines is 1. The van der Waals surface area contributed by atoms with Gasteiger partial charge in [-0.2, -0.15) is 0 Å². The van der Waals surface area contributed by atoms with E-state index in [4.69, 9.17) is 22.1 Å². The molecule has 0 bridgehead atoms. The van der Waals surface area contributed by atoms with Crippen LogP contribution >= 0.6 is 35.8 Å². The smallest absolute Gasteiger partial charge is 0.254 e. The third kappa shape index (κ3) is 6.27. The highest BCUT2D eigenvalue weighted by Gasteiger charge is 2.30. The minimum Gasteiger partial charge on any atom is -0.497 e. The Morgan fingerprint density at radius 3 is 2.49 bits per heavy atom. The summed E-state index contributed by atoms with van der Waals surface area (Å²) in [6.45, 7) is 0.433. The van der Waals surface area contributed by atoms with Crippen LogP contribution in [0.2, 0.25) is 5.02 Å². The number of nitrogens with zero attached hydrogens (tertiary/aromatic N) is 1. The van der Waals surface area contributed by atoms with E-state index in [9.17, 15) is 14.0 Å². The van der Waals surface area contributed by atoms with Crippen molar-refractivity contribution in [2.75, 3.05) is 17.8 Å². The number of halogens is 3. The Bertz CT molecular complexity index is 1210. The highest BCUT2D eigenvalue weighted by atomic mass is 35.5. The summed E-state index contributed by atoms with van der Waals surface area (Å²) < 4.78 is 20.1. The van der Waals surface area contributed by atoms with Crippen molar-refractivity contribution in [3.05, 3.63) is 88.2 Å². The molecule has 1 heterocycles. The lowest BCUT2D eigenvalue weighted by molar-refractivity contribution is -0.119. The van der Waals surface area contributed by atoms with E-state index in [1.807, 2.05) is 24.3 Å². The molecule has 0 aliphatic carbocycles. The van der Waals surface area contributed by atoms with Gasteiger partial charge in [-0.3, -0.25) is 9.59 Å². The lowest BCUT2D eigenvalue weighted by atomic mass is 10.1. The molecule has 35 heavy (non-hydrogen) atoms. The summed E-state index contributed by atoms with van der Waals surface area (Å²) in [4.78, 5) is 28.0. The van der Waals surface area contributed by atoms with Crippen LogP contribution < -0.4 is 20.7 Å². The van der Waals surface area contributed by atoms with Gasteiger partial charge < -0.3 is 20.7 Å². The maximum Gasteiger partial charge on any atom is 0.254 e. The van der Waals surface area contributed by atoms with Crippen LogP contribution in [0.1, 0.15) is 21.5 Å². The fourth-order valence-electron chi connectivity index (χ4n) is 3.57. The summed E-state index contributed by atoms with van der Waals surface area (Å²) in [6, 6.07) is 16.3. The third-order valence-corrected chi connectivity index (χ3v) is 6.87. The molecule has 1 aliphatic rings. The van der Waals surface area contributed by atoms with Gasteiger partial charge in [0.2, 0.25) is 5.91 Å². The van der Waals surface area contributed by atoms with Crippen LogP contribution in [0.3, 0.4) is 0 Å². The Morgan fingerprint density at radius 1 is 1.17 bits per heavy atom. The molecular weight excluding hydrogens is 512 g/mol. The molecule has 1 atom stereocenters. The number of ether oxygens (including phenoxy) is 1. The zero-order valence-electron chi connectivity index (χ0n) is 18.8. The molecule has 4 rings (SSSR count). The van der Waals surface area contributed by atoms with Crippen molar-refractivity contribution < 1.29 is 18.7 Å². The molecule has 0 spiro atoms. The van der Waals surface area contributed by atoms with Crippen LogP contribution in [-0.4, -0.2) is 30.7 Å². The minimum absolute atomic E-state index is 0. The summed E-state index contributed by atoms with van der Waals surface area (Å²) >= 11 is 7.27. The van der Waals surface area contributed by atoms with E-state index in [0.717, 1.165) is 11.1 Å². The number of hydrogen-bond donors (Lipinski definition) is 2. The van der Waals surface area contributed by atoms with Gasteiger partial charge in [-0.05, 0) is 47.5 Å². The van der Waals surface area contributed by atoms with Crippen LogP contribution in [-0.2, 0) is 17.9 Å². The van der Waals surface area contributed by atoms with Crippen molar-refractivity contribution in [3.8, 4) is 5.75 Å². The van der Waals surface area contributed by atoms with E-state index in [-0.39, 0.29) is 37.0 Å². The van der Waals surface area contributed by atoms with Crippen molar-refractivity contribution >= 4 is 53.3 Å². The molecular formula is C25H24Cl2FN3O3S. The predicted octanol–water partition coefficient (Wildman–Crippen LogP) is 4.81. The van der Waals surface area contributed by atoms with Crippen LogP contribution in [0.4, 0.5) is 10.1 Å². The van der Waals surface area contributed by atoms with Gasteiger partial charge in [0.1, 0.15) is 11.6 Å². The van der Waals surface area contributed by atoms with Gasteiger partial charge in [0, 0.05) is 22.2 Å². The number of benzene rings is 3. The second-order valence-electron chi connectivity index (χ2n) is 7.80. The van der Waals surface area contributed by atoms with Crippen molar-refractivity contribution in [2.45, 2.75) is 24.0 Å². The zero-order chi connectivity index (χ0) is 24.2. The monoisotopic (exact) mass is 535 g/mol. The Morgan fingerprint density at radius 2 is 1.83 bits per heavy atom. The molecule has 3 aromatic carbocycles. The van der Waals surface area contributed by atoms with Gasteiger partial charge in [-0.1, -0.05) is 35.9 Å². The number of thioether (sulfide) groups is 1. The molecule has 3 N–H and O–H groups in total. The summed E-state index contributed by atoms with van der Waals surface area (Å²) in [6.07, 6.45) is 0. The highest BCUT2D eigenvalue weighted by Crippen LogP contribution is 2.37. The fraction of sp³-hybridized carbons (Fsp3) is 0.200. The molecule has 0 saturated heterocycles. The van der Waals surface area contributed by atoms with Crippen LogP contribution in [0, 0.1) is 5.82 Å². The zero-order valence-corrected chi connectivity index (χ0v) is 21.2. The first-order chi connectivity index (χ1) is 16.4. The van der Waals surface area contributed by atoms with Gasteiger partial charge in [0.15, 0.2) is 0 Å². The number of hydrogen-bond acceptors (Lipinski definition) is 5. The summed E-state index contributed by atoms with van der Waals surface area (Å²) in [5.41, 5.74) is 8.06. The van der Waals surface area contributed by atoms with E-state index in [0.29, 0.717) is 27.1 Å². The topological polar surface area (TPSA) is 84.7 Å². The number of nitrogens with one attached hydrogen (secondary N) is 1. The maximum absolute atomic E-state index is 14.9. The molecule has 0 unspecified atom stereocenters. The summed E-state index contributed by atoms with van der Waals surface area (Å²) in [5.74, 6) is -0.516. The Balaban J connectivity index is 0.00000342. The Kier molecular flexibility index (Phi) is 9.02. The lowest BCUT2D eigenvalue weighted by Gasteiger charge is -2.25. The van der Waals surface area contributed by atoms with Gasteiger partial charge in [-0.25, -0.2) is 4.39 Å². The van der Waals surface area contributed by atoms with Gasteiger partial charge in [0.25, 0.3) is 5.91 Å².